The molecule has 0 unspecified atom stereocenters. The van der Waals surface area contributed by atoms with Gasteiger partial charge in [-0.25, -0.2) is 0 Å². The van der Waals surface area contributed by atoms with Gasteiger partial charge < -0.3 is 10.8 Å². The van der Waals surface area contributed by atoms with Gasteiger partial charge in [-0.05, 0) is 55.5 Å². The van der Waals surface area contributed by atoms with Gasteiger partial charge in [0, 0.05) is 6.04 Å². The highest BCUT2D eigenvalue weighted by molar-refractivity contribution is 5.42. The van der Waals surface area contributed by atoms with Gasteiger partial charge >= 0.3 is 0 Å². The third-order valence-electron chi connectivity index (χ3n) is 2.63. The first-order valence-electron chi connectivity index (χ1n) is 5.23. The molecule has 0 saturated heterocycles. The maximum Gasteiger partial charge on any atom is 0.116 e. The molecule has 1 aromatic rings. The van der Waals surface area contributed by atoms with E-state index in [-0.39, 0.29) is 6.04 Å². The average Bonchev–Trinajstić information content (AvgIpc) is 2.12. The Hall–Kier alpha value is -1.28. The monoisotopic (exact) mass is 205 g/mol. The van der Waals surface area contributed by atoms with Crippen molar-refractivity contribution in [2.45, 2.75) is 32.7 Å². The van der Waals surface area contributed by atoms with E-state index in [4.69, 9.17) is 5.73 Å². The molecule has 0 heterocycles. The number of benzene rings is 1. The highest BCUT2D eigenvalue weighted by Crippen LogP contribution is 2.27. The van der Waals surface area contributed by atoms with Crippen molar-refractivity contribution >= 4 is 0 Å². The number of allylic oxidation sites excluding steroid dienone is 1. The number of hydrogen-bond acceptors (Lipinski definition) is 2. The molecule has 3 N–H and O–H groups in total. The molecular formula is C13H19NO. The van der Waals surface area contributed by atoms with Crippen molar-refractivity contribution in [1.29, 1.82) is 0 Å². The normalized spacial score (nSPS) is 12.5. The Labute approximate surface area is 91.4 Å². The topological polar surface area (TPSA) is 46.2 Å². The third-order valence-corrected chi connectivity index (χ3v) is 2.63. The van der Waals surface area contributed by atoms with Gasteiger partial charge in [0.05, 0.1) is 0 Å². The largest absolute Gasteiger partial charge is 0.508 e. The number of nitrogens with two attached hydrogens (primary N) is 1. The number of aromatic hydroxyl groups is 1. The Kier molecular flexibility index (Phi) is 3.92. The second kappa shape index (κ2) is 4.99. The van der Waals surface area contributed by atoms with Crippen molar-refractivity contribution in [2.24, 2.45) is 5.73 Å². The van der Waals surface area contributed by atoms with Crippen molar-refractivity contribution in [3.05, 3.63) is 41.5 Å². The van der Waals surface area contributed by atoms with Crippen LogP contribution in [0, 0.1) is 13.8 Å². The molecule has 0 aliphatic carbocycles. The van der Waals surface area contributed by atoms with E-state index >= 15 is 0 Å². The molecule has 0 saturated carbocycles. The van der Waals surface area contributed by atoms with Gasteiger partial charge in [-0.15, -0.1) is 6.58 Å². The number of rotatable bonds is 4. The van der Waals surface area contributed by atoms with Crippen molar-refractivity contribution in [3.63, 3.8) is 0 Å². The first-order valence-corrected chi connectivity index (χ1v) is 5.23. The Bertz CT molecular complexity index is 335. The molecular weight excluding hydrogens is 186 g/mol. The van der Waals surface area contributed by atoms with Crippen LogP contribution in [-0.2, 0) is 0 Å². The van der Waals surface area contributed by atoms with Crippen molar-refractivity contribution in [3.8, 4) is 5.75 Å². The summed E-state index contributed by atoms with van der Waals surface area (Å²) in [6.07, 6.45) is 3.70. The second-order valence-electron chi connectivity index (χ2n) is 3.97. The molecule has 0 amide bonds. The molecule has 0 bridgehead atoms. The lowest BCUT2D eigenvalue weighted by Gasteiger charge is -2.17. The summed E-state index contributed by atoms with van der Waals surface area (Å²) in [6, 6.07) is 3.55. The van der Waals surface area contributed by atoms with Gasteiger partial charge in [-0.3, -0.25) is 0 Å². The second-order valence-corrected chi connectivity index (χ2v) is 3.97. The van der Waals surface area contributed by atoms with Crippen molar-refractivity contribution in [2.75, 3.05) is 0 Å². The highest BCUT2D eigenvalue weighted by atomic mass is 16.3. The van der Waals surface area contributed by atoms with Crippen LogP contribution in [0.4, 0.5) is 0 Å². The summed E-state index contributed by atoms with van der Waals surface area (Å²) in [6.45, 7) is 7.65. The van der Waals surface area contributed by atoms with Crippen LogP contribution in [0.3, 0.4) is 0 Å². The van der Waals surface area contributed by atoms with Gasteiger partial charge in [0.1, 0.15) is 5.75 Å². The van der Waals surface area contributed by atoms with Crippen molar-refractivity contribution in [1.82, 2.24) is 0 Å². The molecule has 2 nitrogen and oxygen atoms in total. The van der Waals surface area contributed by atoms with Crippen LogP contribution in [0.5, 0.6) is 5.75 Å². The summed E-state index contributed by atoms with van der Waals surface area (Å²) in [7, 11) is 0. The molecule has 0 spiro atoms. The molecule has 1 rings (SSSR count). The molecule has 0 aliphatic rings. The van der Waals surface area contributed by atoms with Gasteiger partial charge in [0.15, 0.2) is 0 Å². The van der Waals surface area contributed by atoms with Gasteiger partial charge in [0.25, 0.3) is 0 Å². The van der Waals surface area contributed by atoms with E-state index in [1.807, 2.05) is 19.9 Å². The maximum absolute atomic E-state index is 9.42. The molecule has 15 heavy (non-hydrogen) atoms. The SMILES string of the molecule is C=CCC[C@H](N)c1c(C)cc(O)cc1C. The first kappa shape index (κ1) is 11.8. The maximum atomic E-state index is 9.42. The van der Waals surface area contributed by atoms with Crippen LogP contribution in [0.1, 0.15) is 35.6 Å². The molecule has 0 aromatic heterocycles. The number of hydrogen-bond donors (Lipinski definition) is 2. The molecule has 1 atom stereocenters. The van der Waals surface area contributed by atoms with Gasteiger partial charge in [0.2, 0.25) is 0 Å². The zero-order valence-corrected chi connectivity index (χ0v) is 9.46. The quantitative estimate of drug-likeness (QED) is 0.742. The fraction of sp³-hybridized carbons (Fsp3) is 0.385. The molecule has 1 aromatic carbocycles. The number of phenolic OH excluding ortho intramolecular Hbond substituents is 1. The van der Waals surface area contributed by atoms with E-state index in [2.05, 4.69) is 6.58 Å². The van der Waals surface area contributed by atoms with Crippen LogP contribution in [0.2, 0.25) is 0 Å². The van der Waals surface area contributed by atoms with E-state index in [9.17, 15) is 5.11 Å². The Balaban J connectivity index is 2.97. The third kappa shape index (κ3) is 2.83. The summed E-state index contributed by atoms with van der Waals surface area (Å²) in [4.78, 5) is 0. The zero-order chi connectivity index (χ0) is 11.4. The molecule has 0 fully saturated rings. The van der Waals surface area contributed by atoms with Crippen LogP contribution in [-0.4, -0.2) is 5.11 Å². The molecule has 82 valence electrons. The Morgan fingerprint density at radius 1 is 1.40 bits per heavy atom. The predicted octanol–water partition coefficient (Wildman–Crippen LogP) is 2.98. The van der Waals surface area contributed by atoms with E-state index < -0.39 is 0 Å². The van der Waals surface area contributed by atoms with E-state index in [1.165, 1.54) is 0 Å². The summed E-state index contributed by atoms with van der Waals surface area (Å²) < 4.78 is 0. The summed E-state index contributed by atoms with van der Waals surface area (Å²) >= 11 is 0. The Morgan fingerprint density at radius 3 is 2.40 bits per heavy atom. The number of aryl methyl sites for hydroxylation is 2. The molecule has 2 heteroatoms. The lowest BCUT2D eigenvalue weighted by atomic mass is 9.93. The lowest BCUT2D eigenvalue weighted by molar-refractivity contribution is 0.473. The summed E-state index contributed by atoms with van der Waals surface area (Å²) in [5.41, 5.74) is 9.37. The van der Waals surface area contributed by atoms with Crippen LogP contribution < -0.4 is 5.73 Å². The van der Waals surface area contributed by atoms with Gasteiger partial charge in [-0.2, -0.15) is 0 Å². The highest BCUT2D eigenvalue weighted by Gasteiger charge is 2.12. The van der Waals surface area contributed by atoms with Crippen molar-refractivity contribution < 1.29 is 5.11 Å². The van der Waals surface area contributed by atoms with Crippen LogP contribution in [0.15, 0.2) is 24.8 Å². The zero-order valence-electron chi connectivity index (χ0n) is 9.46. The Morgan fingerprint density at radius 2 is 1.93 bits per heavy atom. The van der Waals surface area contributed by atoms with E-state index in [1.54, 1.807) is 12.1 Å². The van der Waals surface area contributed by atoms with Gasteiger partial charge in [-0.1, -0.05) is 6.08 Å². The smallest absolute Gasteiger partial charge is 0.116 e. The minimum absolute atomic E-state index is 0.0311. The fourth-order valence-electron chi connectivity index (χ4n) is 1.98. The minimum atomic E-state index is 0.0311. The molecule has 0 aliphatic heterocycles. The van der Waals surface area contributed by atoms with E-state index in [0.717, 1.165) is 29.5 Å². The van der Waals surface area contributed by atoms with Crippen LogP contribution >= 0.6 is 0 Å². The van der Waals surface area contributed by atoms with Crippen LogP contribution in [0.25, 0.3) is 0 Å². The first-order chi connectivity index (χ1) is 7.06. The summed E-state index contributed by atoms with van der Waals surface area (Å²) in [5, 5.41) is 9.42. The van der Waals surface area contributed by atoms with E-state index in [0.29, 0.717) is 5.75 Å². The lowest BCUT2D eigenvalue weighted by Crippen LogP contribution is -2.13. The molecule has 0 radical (unpaired) electrons. The fourth-order valence-corrected chi connectivity index (χ4v) is 1.98. The minimum Gasteiger partial charge on any atom is -0.508 e. The number of phenols is 1. The summed E-state index contributed by atoms with van der Waals surface area (Å²) in [5.74, 6) is 0.310. The average molecular weight is 205 g/mol. The predicted molar refractivity (Wildman–Crippen MR) is 63.9 cm³/mol. The standard InChI is InChI=1S/C13H19NO/c1-4-5-6-12(14)13-9(2)7-11(15)8-10(13)3/h4,7-8,12,15H,1,5-6,14H2,2-3H3/t12-/m0/s1.